The summed E-state index contributed by atoms with van der Waals surface area (Å²) in [7, 11) is 4.16. The third-order valence-electron chi connectivity index (χ3n) is 2.31. The summed E-state index contributed by atoms with van der Waals surface area (Å²) in [5, 5.41) is 6.54. The molecule has 0 saturated carbocycles. The van der Waals surface area contributed by atoms with Gasteiger partial charge in [0, 0.05) is 19.2 Å². The molecule has 0 radical (unpaired) electrons. The molecule has 5 heteroatoms. The lowest BCUT2D eigenvalue weighted by Gasteiger charge is -2.10. The zero-order chi connectivity index (χ0) is 12.5. The number of nitrogens with zero attached hydrogens (tertiary/aromatic N) is 3. The van der Waals surface area contributed by atoms with Gasteiger partial charge < -0.3 is 15.5 Å². The van der Waals surface area contributed by atoms with Gasteiger partial charge in [-0.25, -0.2) is 9.97 Å². The Morgan fingerprint density at radius 1 is 1.12 bits per heavy atom. The van der Waals surface area contributed by atoms with Crippen LogP contribution in [0.3, 0.4) is 0 Å². The third kappa shape index (κ3) is 6.06. The van der Waals surface area contributed by atoms with Gasteiger partial charge in [-0.2, -0.15) is 0 Å². The van der Waals surface area contributed by atoms with E-state index in [1.807, 2.05) is 6.07 Å². The lowest BCUT2D eigenvalue weighted by Crippen LogP contribution is -2.16. The Labute approximate surface area is 104 Å². The molecule has 0 aromatic carbocycles. The van der Waals surface area contributed by atoms with Crippen molar-refractivity contribution in [2.45, 2.75) is 19.8 Å². The number of rotatable bonds is 8. The monoisotopic (exact) mass is 237 g/mol. The van der Waals surface area contributed by atoms with Gasteiger partial charge in [0.05, 0.1) is 0 Å². The molecule has 1 aromatic rings. The fraction of sp³-hybridized carbons (Fsp3) is 0.667. The van der Waals surface area contributed by atoms with E-state index >= 15 is 0 Å². The summed E-state index contributed by atoms with van der Waals surface area (Å²) >= 11 is 0. The van der Waals surface area contributed by atoms with E-state index in [9.17, 15) is 0 Å². The number of hydrogen-bond acceptors (Lipinski definition) is 5. The van der Waals surface area contributed by atoms with Crippen LogP contribution in [0.15, 0.2) is 12.4 Å². The van der Waals surface area contributed by atoms with Crippen molar-refractivity contribution in [1.29, 1.82) is 0 Å². The molecule has 0 spiro atoms. The molecule has 5 nitrogen and oxygen atoms in total. The predicted octanol–water partition coefficient (Wildman–Crippen LogP) is 1.66. The zero-order valence-corrected chi connectivity index (χ0v) is 11.0. The highest BCUT2D eigenvalue weighted by atomic mass is 15.1. The molecule has 0 aliphatic heterocycles. The molecule has 0 amide bonds. The topological polar surface area (TPSA) is 53.1 Å². The number of nitrogens with one attached hydrogen (secondary N) is 2. The minimum Gasteiger partial charge on any atom is -0.370 e. The second-order valence-electron chi connectivity index (χ2n) is 4.30. The van der Waals surface area contributed by atoms with Crippen LogP contribution in [0.1, 0.15) is 19.8 Å². The summed E-state index contributed by atoms with van der Waals surface area (Å²) < 4.78 is 0. The molecule has 96 valence electrons. The lowest BCUT2D eigenvalue weighted by atomic mass is 10.4. The minimum atomic E-state index is 0.886. The summed E-state index contributed by atoms with van der Waals surface area (Å²) in [6.07, 6.45) is 3.79. The third-order valence-corrected chi connectivity index (χ3v) is 2.31. The van der Waals surface area contributed by atoms with E-state index < -0.39 is 0 Å². The smallest absolute Gasteiger partial charge is 0.131 e. The van der Waals surface area contributed by atoms with E-state index in [4.69, 9.17) is 0 Å². The highest BCUT2D eigenvalue weighted by molar-refractivity contribution is 5.46. The quantitative estimate of drug-likeness (QED) is 0.674. The first-order chi connectivity index (χ1) is 8.22. The Balaban J connectivity index is 2.32. The van der Waals surface area contributed by atoms with E-state index in [0.29, 0.717) is 0 Å². The van der Waals surface area contributed by atoms with Crippen molar-refractivity contribution >= 4 is 11.6 Å². The van der Waals surface area contributed by atoms with Gasteiger partial charge in [0.2, 0.25) is 0 Å². The second-order valence-corrected chi connectivity index (χ2v) is 4.30. The van der Waals surface area contributed by atoms with Crippen LogP contribution in [0.2, 0.25) is 0 Å². The van der Waals surface area contributed by atoms with Crippen molar-refractivity contribution in [3.05, 3.63) is 12.4 Å². The molecular weight excluding hydrogens is 214 g/mol. The Morgan fingerprint density at radius 3 is 2.35 bits per heavy atom. The number of anilines is 2. The molecule has 0 saturated heterocycles. The van der Waals surface area contributed by atoms with Gasteiger partial charge in [0.1, 0.15) is 18.0 Å². The summed E-state index contributed by atoms with van der Waals surface area (Å²) in [6.45, 7) is 5.09. The molecule has 1 heterocycles. The molecule has 0 bridgehead atoms. The van der Waals surface area contributed by atoms with Gasteiger partial charge in [-0.15, -0.1) is 0 Å². The maximum absolute atomic E-state index is 4.19. The van der Waals surface area contributed by atoms with Gasteiger partial charge in [0.15, 0.2) is 0 Å². The van der Waals surface area contributed by atoms with Crippen LogP contribution in [-0.2, 0) is 0 Å². The molecule has 0 aliphatic rings. The summed E-state index contributed by atoms with van der Waals surface area (Å²) in [6, 6.07) is 1.95. The molecule has 0 unspecified atom stereocenters. The van der Waals surface area contributed by atoms with E-state index in [0.717, 1.165) is 44.1 Å². The van der Waals surface area contributed by atoms with Gasteiger partial charge in [-0.3, -0.25) is 0 Å². The molecule has 1 rings (SSSR count). The first-order valence-corrected chi connectivity index (χ1v) is 6.17. The van der Waals surface area contributed by atoms with Crippen LogP contribution in [0.25, 0.3) is 0 Å². The van der Waals surface area contributed by atoms with Gasteiger partial charge in [-0.05, 0) is 33.5 Å². The fourth-order valence-corrected chi connectivity index (χ4v) is 1.42. The summed E-state index contributed by atoms with van der Waals surface area (Å²) in [4.78, 5) is 10.5. The summed E-state index contributed by atoms with van der Waals surface area (Å²) in [5.74, 6) is 1.77. The van der Waals surface area contributed by atoms with Crippen LogP contribution >= 0.6 is 0 Å². The molecule has 0 fully saturated rings. The molecular formula is C12H23N5. The van der Waals surface area contributed by atoms with Gasteiger partial charge in [-0.1, -0.05) is 6.92 Å². The van der Waals surface area contributed by atoms with Crippen molar-refractivity contribution < 1.29 is 0 Å². The zero-order valence-electron chi connectivity index (χ0n) is 11.0. The van der Waals surface area contributed by atoms with Crippen LogP contribution in [0.5, 0.6) is 0 Å². The van der Waals surface area contributed by atoms with E-state index in [-0.39, 0.29) is 0 Å². The molecule has 1 aromatic heterocycles. The SMILES string of the molecule is CCCNc1cc(NCCCN(C)C)ncn1. The average molecular weight is 237 g/mol. The highest BCUT2D eigenvalue weighted by Gasteiger charge is 1.97. The van der Waals surface area contributed by atoms with Crippen molar-refractivity contribution in [3.63, 3.8) is 0 Å². The lowest BCUT2D eigenvalue weighted by molar-refractivity contribution is 0.405. The largest absolute Gasteiger partial charge is 0.370 e. The van der Waals surface area contributed by atoms with Crippen molar-refractivity contribution in [3.8, 4) is 0 Å². The summed E-state index contributed by atoms with van der Waals surface area (Å²) in [5.41, 5.74) is 0. The predicted molar refractivity (Wildman–Crippen MR) is 72.5 cm³/mol. The Hall–Kier alpha value is -1.36. The van der Waals surface area contributed by atoms with E-state index in [1.54, 1.807) is 6.33 Å². The molecule has 0 atom stereocenters. The molecule has 17 heavy (non-hydrogen) atoms. The first-order valence-electron chi connectivity index (χ1n) is 6.17. The van der Waals surface area contributed by atoms with Crippen molar-refractivity contribution in [1.82, 2.24) is 14.9 Å². The Bertz CT molecular complexity index is 314. The van der Waals surface area contributed by atoms with Crippen LogP contribution in [0.4, 0.5) is 11.6 Å². The normalized spacial score (nSPS) is 10.6. The standard InChI is InChI=1S/C12H23N5/c1-4-6-13-11-9-12(16-10-15-11)14-7-5-8-17(2)3/h9-10H,4-8H2,1-3H3,(H2,13,14,15,16). The van der Waals surface area contributed by atoms with Gasteiger partial charge in [0.25, 0.3) is 0 Å². The Kier molecular flexibility index (Phi) is 6.32. The maximum atomic E-state index is 4.19. The van der Waals surface area contributed by atoms with Crippen molar-refractivity contribution in [2.75, 3.05) is 44.4 Å². The minimum absolute atomic E-state index is 0.886. The van der Waals surface area contributed by atoms with Gasteiger partial charge >= 0.3 is 0 Å². The van der Waals surface area contributed by atoms with E-state index in [2.05, 4.69) is 46.5 Å². The number of aromatic nitrogens is 2. The van der Waals surface area contributed by atoms with Crippen molar-refractivity contribution in [2.24, 2.45) is 0 Å². The second kappa shape index (κ2) is 7.84. The van der Waals surface area contributed by atoms with Crippen LogP contribution in [0, 0.1) is 0 Å². The maximum Gasteiger partial charge on any atom is 0.131 e. The average Bonchev–Trinajstić information content (AvgIpc) is 2.32. The van der Waals surface area contributed by atoms with E-state index in [1.165, 1.54) is 0 Å². The highest BCUT2D eigenvalue weighted by Crippen LogP contribution is 2.08. The van der Waals surface area contributed by atoms with Crippen LogP contribution < -0.4 is 10.6 Å². The first kappa shape index (κ1) is 13.7. The molecule has 0 aliphatic carbocycles. The Morgan fingerprint density at radius 2 is 1.76 bits per heavy atom. The molecule has 2 N–H and O–H groups in total. The fourth-order valence-electron chi connectivity index (χ4n) is 1.42. The number of hydrogen-bond donors (Lipinski definition) is 2. The van der Waals surface area contributed by atoms with Crippen LogP contribution in [-0.4, -0.2) is 48.6 Å².